The van der Waals surface area contributed by atoms with E-state index in [-0.39, 0.29) is 24.8 Å². The zero-order valence-electron chi connectivity index (χ0n) is 13.4. The standard InChI is InChI=1S/C16H20N4O2S/c1-10(2)16-19-11(3)14(23-16)15(22)18-9-7-13(21)20-12-6-4-5-8-17-12/h4-6,8,10H,7,9H2,1-3H3,(H,18,22)(H,17,20,21). The number of hydrogen-bond acceptors (Lipinski definition) is 5. The van der Waals surface area contributed by atoms with Gasteiger partial charge in [-0.3, -0.25) is 9.59 Å². The van der Waals surface area contributed by atoms with Gasteiger partial charge in [0.25, 0.3) is 5.91 Å². The Morgan fingerprint density at radius 3 is 2.70 bits per heavy atom. The van der Waals surface area contributed by atoms with Crippen LogP contribution in [0.5, 0.6) is 0 Å². The van der Waals surface area contributed by atoms with Gasteiger partial charge in [0.2, 0.25) is 5.91 Å². The highest BCUT2D eigenvalue weighted by Crippen LogP contribution is 2.24. The van der Waals surface area contributed by atoms with Crippen molar-refractivity contribution in [3.63, 3.8) is 0 Å². The van der Waals surface area contributed by atoms with Crippen molar-refractivity contribution in [3.8, 4) is 0 Å². The first kappa shape index (κ1) is 17.1. The maximum atomic E-state index is 12.2. The highest BCUT2D eigenvalue weighted by Gasteiger charge is 2.16. The third kappa shape index (κ3) is 4.85. The molecule has 2 N–H and O–H groups in total. The van der Waals surface area contributed by atoms with Crippen molar-refractivity contribution in [2.75, 3.05) is 11.9 Å². The third-order valence-corrected chi connectivity index (χ3v) is 4.54. The van der Waals surface area contributed by atoms with E-state index in [2.05, 4.69) is 20.6 Å². The number of aromatic nitrogens is 2. The van der Waals surface area contributed by atoms with E-state index in [1.165, 1.54) is 11.3 Å². The summed E-state index contributed by atoms with van der Waals surface area (Å²) in [5, 5.41) is 6.38. The fourth-order valence-electron chi connectivity index (χ4n) is 1.89. The lowest BCUT2D eigenvalue weighted by atomic mass is 10.2. The third-order valence-electron chi connectivity index (χ3n) is 3.08. The van der Waals surface area contributed by atoms with Gasteiger partial charge in [0, 0.05) is 25.1 Å². The molecule has 2 rings (SSSR count). The second-order valence-electron chi connectivity index (χ2n) is 5.39. The van der Waals surface area contributed by atoms with Crippen LogP contribution in [0.3, 0.4) is 0 Å². The molecule has 7 heteroatoms. The van der Waals surface area contributed by atoms with Gasteiger partial charge in [-0.2, -0.15) is 0 Å². The van der Waals surface area contributed by atoms with Gasteiger partial charge < -0.3 is 10.6 Å². The maximum Gasteiger partial charge on any atom is 0.263 e. The highest BCUT2D eigenvalue weighted by atomic mass is 32.1. The van der Waals surface area contributed by atoms with Crippen LogP contribution in [0.15, 0.2) is 24.4 Å². The summed E-state index contributed by atoms with van der Waals surface area (Å²) in [5.41, 5.74) is 0.731. The van der Waals surface area contributed by atoms with Gasteiger partial charge in [0.05, 0.1) is 10.7 Å². The molecule has 0 unspecified atom stereocenters. The van der Waals surface area contributed by atoms with E-state index in [0.29, 0.717) is 16.6 Å². The average Bonchev–Trinajstić information content (AvgIpc) is 2.90. The number of nitrogens with zero attached hydrogens (tertiary/aromatic N) is 2. The van der Waals surface area contributed by atoms with Crippen LogP contribution in [-0.4, -0.2) is 28.3 Å². The van der Waals surface area contributed by atoms with Crippen LogP contribution in [0, 0.1) is 6.92 Å². The van der Waals surface area contributed by atoms with Crippen molar-refractivity contribution in [3.05, 3.63) is 40.0 Å². The van der Waals surface area contributed by atoms with Crippen molar-refractivity contribution in [2.24, 2.45) is 0 Å². The van der Waals surface area contributed by atoms with Crippen LogP contribution in [0.25, 0.3) is 0 Å². The molecule has 122 valence electrons. The van der Waals surface area contributed by atoms with Crippen molar-refractivity contribution in [1.29, 1.82) is 0 Å². The van der Waals surface area contributed by atoms with Crippen molar-refractivity contribution in [2.45, 2.75) is 33.1 Å². The zero-order chi connectivity index (χ0) is 16.8. The number of rotatable bonds is 6. The Morgan fingerprint density at radius 1 is 1.30 bits per heavy atom. The van der Waals surface area contributed by atoms with Crippen LogP contribution in [-0.2, 0) is 4.79 Å². The molecule has 0 aliphatic carbocycles. The summed E-state index contributed by atoms with van der Waals surface area (Å²) >= 11 is 1.40. The summed E-state index contributed by atoms with van der Waals surface area (Å²) in [5.74, 6) is 0.429. The van der Waals surface area contributed by atoms with Gasteiger partial charge >= 0.3 is 0 Å². The summed E-state index contributed by atoms with van der Waals surface area (Å²) in [6.07, 6.45) is 1.80. The molecule has 0 saturated heterocycles. The van der Waals surface area contributed by atoms with Crippen LogP contribution in [0.2, 0.25) is 0 Å². The molecule has 0 saturated carbocycles. The Hall–Kier alpha value is -2.28. The Balaban J connectivity index is 1.82. The summed E-state index contributed by atoms with van der Waals surface area (Å²) in [7, 11) is 0. The Labute approximate surface area is 139 Å². The second kappa shape index (κ2) is 7.82. The van der Waals surface area contributed by atoms with E-state index in [0.717, 1.165) is 10.7 Å². The van der Waals surface area contributed by atoms with Gasteiger partial charge in [-0.05, 0) is 19.1 Å². The topological polar surface area (TPSA) is 84.0 Å². The molecule has 0 fully saturated rings. The monoisotopic (exact) mass is 332 g/mol. The minimum atomic E-state index is -0.187. The quantitative estimate of drug-likeness (QED) is 0.852. The number of carbonyl (C=O) groups excluding carboxylic acids is 2. The van der Waals surface area contributed by atoms with E-state index < -0.39 is 0 Å². The second-order valence-corrected chi connectivity index (χ2v) is 6.42. The van der Waals surface area contributed by atoms with Crippen molar-refractivity contribution >= 4 is 29.0 Å². The number of hydrogen-bond donors (Lipinski definition) is 2. The normalized spacial score (nSPS) is 10.6. The number of carbonyl (C=O) groups is 2. The van der Waals surface area contributed by atoms with Gasteiger partial charge in [0.15, 0.2) is 0 Å². The molecule has 0 aromatic carbocycles. The predicted molar refractivity (Wildman–Crippen MR) is 90.8 cm³/mol. The number of thiazole rings is 1. The molecule has 0 atom stereocenters. The summed E-state index contributed by atoms with van der Waals surface area (Å²) in [6, 6.07) is 5.28. The van der Waals surface area contributed by atoms with Crippen LogP contribution < -0.4 is 10.6 Å². The molecule has 2 heterocycles. The van der Waals surface area contributed by atoms with E-state index >= 15 is 0 Å². The van der Waals surface area contributed by atoms with E-state index in [1.807, 2.05) is 20.8 Å². The molecular weight excluding hydrogens is 312 g/mol. The Morgan fingerprint density at radius 2 is 2.09 bits per heavy atom. The summed E-state index contributed by atoms with van der Waals surface area (Å²) < 4.78 is 0. The van der Waals surface area contributed by atoms with Gasteiger partial charge in [-0.25, -0.2) is 9.97 Å². The number of pyridine rings is 1. The van der Waals surface area contributed by atoms with Gasteiger partial charge in [-0.1, -0.05) is 19.9 Å². The minimum absolute atomic E-state index is 0.183. The molecule has 2 amide bonds. The zero-order valence-corrected chi connectivity index (χ0v) is 14.2. The maximum absolute atomic E-state index is 12.2. The van der Waals surface area contributed by atoms with E-state index in [1.54, 1.807) is 24.4 Å². The van der Waals surface area contributed by atoms with Crippen LogP contribution in [0.4, 0.5) is 5.82 Å². The van der Waals surface area contributed by atoms with Gasteiger partial charge in [-0.15, -0.1) is 11.3 Å². The lowest BCUT2D eigenvalue weighted by molar-refractivity contribution is -0.116. The Bertz CT molecular complexity index is 683. The molecule has 0 spiro atoms. The van der Waals surface area contributed by atoms with E-state index in [4.69, 9.17) is 0 Å². The molecule has 0 radical (unpaired) electrons. The fraction of sp³-hybridized carbons (Fsp3) is 0.375. The molecule has 0 aliphatic rings. The van der Waals surface area contributed by atoms with E-state index in [9.17, 15) is 9.59 Å². The molecular formula is C16H20N4O2S. The molecule has 0 aliphatic heterocycles. The largest absolute Gasteiger partial charge is 0.351 e. The average molecular weight is 332 g/mol. The lowest BCUT2D eigenvalue weighted by Crippen LogP contribution is -2.27. The lowest BCUT2D eigenvalue weighted by Gasteiger charge is -2.05. The molecule has 2 aromatic rings. The van der Waals surface area contributed by atoms with Crippen molar-refractivity contribution < 1.29 is 9.59 Å². The fourth-order valence-corrected chi connectivity index (χ4v) is 2.87. The predicted octanol–water partition coefficient (Wildman–Crippen LogP) is 2.73. The highest BCUT2D eigenvalue weighted by molar-refractivity contribution is 7.13. The molecule has 2 aromatic heterocycles. The molecule has 6 nitrogen and oxygen atoms in total. The smallest absolute Gasteiger partial charge is 0.263 e. The molecule has 23 heavy (non-hydrogen) atoms. The Kier molecular flexibility index (Phi) is 5.81. The number of amides is 2. The number of anilines is 1. The first-order valence-corrected chi connectivity index (χ1v) is 8.25. The van der Waals surface area contributed by atoms with Crippen LogP contribution in [0.1, 0.15) is 46.6 Å². The SMILES string of the molecule is Cc1nc(C(C)C)sc1C(=O)NCCC(=O)Nc1ccccn1. The van der Waals surface area contributed by atoms with Crippen LogP contribution >= 0.6 is 11.3 Å². The van der Waals surface area contributed by atoms with Gasteiger partial charge in [0.1, 0.15) is 10.7 Å². The molecule has 0 bridgehead atoms. The first-order valence-electron chi connectivity index (χ1n) is 7.43. The summed E-state index contributed by atoms with van der Waals surface area (Å²) in [4.78, 5) is 33.0. The minimum Gasteiger partial charge on any atom is -0.351 e. The number of nitrogens with one attached hydrogen (secondary N) is 2. The number of aryl methyl sites for hydroxylation is 1. The summed E-state index contributed by atoms with van der Waals surface area (Å²) in [6.45, 7) is 6.18. The van der Waals surface area contributed by atoms with Crippen molar-refractivity contribution in [1.82, 2.24) is 15.3 Å². The first-order chi connectivity index (χ1) is 11.0.